The molecule has 0 aliphatic carbocycles. The molecule has 1 saturated heterocycles. The lowest BCUT2D eigenvalue weighted by atomic mass is 9.78. The Morgan fingerprint density at radius 3 is 2.44 bits per heavy atom. The van der Waals surface area contributed by atoms with E-state index in [-0.39, 0.29) is 30.2 Å². The third-order valence-corrected chi connectivity index (χ3v) is 7.64. The van der Waals surface area contributed by atoms with Crippen molar-refractivity contribution in [3.63, 3.8) is 0 Å². The Balaban J connectivity index is 1.89. The zero-order valence-corrected chi connectivity index (χ0v) is 19.6. The molecule has 0 radical (unpaired) electrons. The van der Waals surface area contributed by atoms with Crippen LogP contribution in [-0.4, -0.2) is 52.5 Å². The van der Waals surface area contributed by atoms with E-state index in [1.54, 1.807) is 36.4 Å². The fourth-order valence-electron chi connectivity index (χ4n) is 3.94. The Labute approximate surface area is 193 Å². The molecule has 0 saturated carbocycles. The normalized spacial score (nSPS) is 19.3. The Kier molecular flexibility index (Phi) is 7.53. The molecule has 10 heteroatoms. The van der Waals surface area contributed by atoms with Crippen LogP contribution in [0, 0.1) is 5.41 Å². The summed E-state index contributed by atoms with van der Waals surface area (Å²) in [6, 6.07) is 11.5. The number of methoxy groups -OCH3 is 2. The molecule has 2 aromatic carbocycles. The maximum atomic E-state index is 13.5. The molecule has 32 heavy (non-hydrogen) atoms. The van der Waals surface area contributed by atoms with Gasteiger partial charge in [-0.3, -0.25) is 4.79 Å². The molecule has 3 rings (SSSR count). The second-order valence-electron chi connectivity index (χ2n) is 7.84. The fourth-order valence-corrected chi connectivity index (χ4v) is 5.83. The predicted molar refractivity (Wildman–Crippen MR) is 121 cm³/mol. The Morgan fingerprint density at radius 2 is 1.81 bits per heavy atom. The number of amides is 1. The number of carbonyl (C=O) groups excluding carboxylic acids is 1. The molecule has 0 aromatic heterocycles. The Bertz CT molecular complexity index is 1060. The lowest BCUT2D eigenvalue weighted by molar-refractivity contribution is -0.121. The molecule has 1 heterocycles. The van der Waals surface area contributed by atoms with E-state index >= 15 is 0 Å². The lowest BCUT2D eigenvalue weighted by Gasteiger charge is -2.41. The van der Waals surface area contributed by atoms with Gasteiger partial charge in [-0.25, -0.2) is 8.42 Å². The number of halogens is 1. The van der Waals surface area contributed by atoms with Gasteiger partial charge in [-0.2, -0.15) is 4.31 Å². The van der Waals surface area contributed by atoms with Gasteiger partial charge in [0.15, 0.2) is 0 Å². The maximum absolute atomic E-state index is 13.5. The number of sulfonamides is 1. The van der Waals surface area contributed by atoms with Crippen LogP contribution in [0.3, 0.4) is 0 Å². The van der Waals surface area contributed by atoms with Gasteiger partial charge in [0.05, 0.1) is 20.8 Å². The molecule has 1 aliphatic heterocycles. The number of nitrogens with zero attached hydrogens (tertiary/aromatic N) is 1. The first-order valence-corrected chi connectivity index (χ1v) is 11.9. The van der Waals surface area contributed by atoms with Crippen LogP contribution in [0.2, 0.25) is 5.02 Å². The summed E-state index contributed by atoms with van der Waals surface area (Å²) < 4.78 is 44.8. The van der Waals surface area contributed by atoms with Crippen LogP contribution >= 0.6 is 11.6 Å². The summed E-state index contributed by atoms with van der Waals surface area (Å²) >= 11 is 5.92. The molecule has 8 nitrogen and oxygen atoms in total. The van der Waals surface area contributed by atoms with E-state index in [0.717, 1.165) is 0 Å². The number of ether oxygens (including phenoxy) is 3. The van der Waals surface area contributed by atoms with Gasteiger partial charge in [-0.05, 0) is 49.2 Å². The summed E-state index contributed by atoms with van der Waals surface area (Å²) in [6.07, 6.45) is 1.16. The second-order valence-corrected chi connectivity index (χ2v) is 10.2. The van der Waals surface area contributed by atoms with Crippen molar-refractivity contribution in [2.45, 2.75) is 24.2 Å². The summed E-state index contributed by atoms with van der Waals surface area (Å²) in [4.78, 5) is 11.9. The number of carbonyl (C=O) groups is 1. The van der Waals surface area contributed by atoms with Crippen LogP contribution in [-0.2, 0) is 14.8 Å². The van der Waals surface area contributed by atoms with Crippen LogP contribution < -0.4 is 19.9 Å². The summed E-state index contributed by atoms with van der Waals surface area (Å²) in [6.45, 7) is 0.537. The zero-order valence-electron chi connectivity index (χ0n) is 18.0. The van der Waals surface area contributed by atoms with Crippen LogP contribution in [0.5, 0.6) is 17.2 Å². The molecular formula is C22H27ClN2O6S. The SMILES string of the molecule is COc1ccc(OC)c(S(=O)(=O)N2CCC[C@](COc3ccc(Cl)cc3)(CC(N)=O)C2)c1. The number of rotatable bonds is 9. The van der Waals surface area contributed by atoms with Gasteiger partial charge in [-0.1, -0.05) is 11.6 Å². The van der Waals surface area contributed by atoms with Crippen LogP contribution in [0.4, 0.5) is 0 Å². The average molecular weight is 483 g/mol. The number of nitrogens with two attached hydrogens (primary N) is 1. The van der Waals surface area contributed by atoms with Crippen molar-refractivity contribution < 1.29 is 27.4 Å². The van der Waals surface area contributed by atoms with Gasteiger partial charge in [-0.15, -0.1) is 0 Å². The van der Waals surface area contributed by atoms with Crippen LogP contribution in [0.1, 0.15) is 19.3 Å². The predicted octanol–water partition coefficient (Wildman–Crippen LogP) is 3.08. The Morgan fingerprint density at radius 1 is 1.12 bits per heavy atom. The lowest BCUT2D eigenvalue weighted by Crippen LogP contribution is -2.50. The summed E-state index contributed by atoms with van der Waals surface area (Å²) in [5, 5.41) is 0.575. The van der Waals surface area contributed by atoms with Gasteiger partial charge in [0.25, 0.3) is 0 Å². The fraction of sp³-hybridized carbons (Fsp3) is 0.409. The van der Waals surface area contributed by atoms with Crippen LogP contribution in [0.15, 0.2) is 47.4 Å². The molecule has 2 N–H and O–H groups in total. The van der Waals surface area contributed by atoms with E-state index in [9.17, 15) is 13.2 Å². The molecule has 1 aliphatic rings. The smallest absolute Gasteiger partial charge is 0.246 e. The first-order chi connectivity index (χ1) is 15.2. The highest BCUT2D eigenvalue weighted by Crippen LogP contribution is 2.39. The van der Waals surface area contributed by atoms with Crippen LogP contribution in [0.25, 0.3) is 0 Å². The van der Waals surface area contributed by atoms with E-state index in [4.69, 9.17) is 31.5 Å². The van der Waals surface area contributed by atoms with Crippen molar-refractivity contribution in [3.05, 3.63) is 47.5 Å². The number of benzene rings is 2. The van der Waals surface area contributed by atoms with Gasteiger partial charge < -0.3 is 19.9 Å². The second kappa shape index (κ2) is 9.97. The molecule has 1 atom stereocenters. The average Bonchev–Trinajstić information content (AvgIpc) is 2.78. The molecule has 0 unspecified atom stereocenters. The first-order valence-electron chi connectivity index (χ1n) is 10.1. The van der Waals surface area contributed by atoms with E-state index in [1.807, 2.05) is 0 Å². The topological polar surface area (TPSA) is 108 Å². The quantitative estimate of drug-likeness (QED) is 0.588. The number of primary amides is 1. The third-order valence-electron chi connectivity index (χ3n) is 5.52. The molecule has 0 spiro atoms. The highest BCUT2D eigenvalue weighted by Gasteiger charge is 2.42. The van der Waals surface area contributed by atoms with Crippen molar-refractivity contribution in [3.8, 4) is 17.2 Å². The minimum absolute atomic E-state index is 0.00184. The Hall–Kier alpha value is -2.49. The largest absolute Gasteiger partial charge is 0.497 e. The van der Waals surface area contributed by atoms with Gasteiger partial charge >= 0.3 is 0 Å². The molecular weight excluding hydrogens is 456 g/mol. The van der Waals surface area contributed by atoms with E-state index < -0.39 is 21.3 Å². The zero-order chi connectivity index (χ0) is 23.4. The van der Waals surface area contributed by atoms with E-state index in [0.29, 0.717) is 35.9 Å². The minimum Gasteiger partial charge on any atom is -0.497 e. The highest BCUT2D eigenvalue weighted by molar-refractivity contribution is 7.89. The number of piperidine rings is 1. The monoisotopic (exact) mass is 482 g/mol. The highest BCUT2D eigenvalue weighted by atomic mass is 35.5. The summed E-state index contributed by atoms with van der Waals surface area (Å²) in [5.74, 6) is 0.681. The minimum atomic E-state index is -3.93. The van der Waals surface area contributed by atoms with Crippen molar-refractivity contribution in [1.29, 1.82) is 0 Å². The summed E-state index contributed by atoms with van der Waals surface area (Å²) in [5.41, 5.74) is 4.77. The van der Waals surface area contributed by atoms with Gasteiger partial charge in [0, 0.05) is 36.0 Å². The molecule has 1 amide bonds. The van der Waals surface area contributed by atoms with Crippen molar-refractivity contribution in [1.82, 2.24) is 4.31 Å². The number of hydrogen-bond acceptors (Lipinski definition) is 6. The van der Waals surface area contributed by atoms with Gasteiger partial charge in [0.2, 0.25) is 15.9 Å². The molecule has 0 bridgehead atoms. The maximum Gasteiger partial charge on any atom is 0.246 e. The standard InChI is InChI=1S/C22H27ClN2O6S/c1-29-18-8-9-19(30-2)20(12-18)32(27,28)25-11-3-10-22(14-25,13-21(24)26)15-31-17-6-4-16(23)5-7-17/h4-9,12H,3,10-11,13-15H2,1-2H3,(H2,24,26)/t22-/m0/s1. The van der Waals surface area contributed by atoms with Crippen molar-refractivity contribution in [2.75, 3.05) is 33.9 Å². The van der Waals surface area contributed by atoms with E-state index in [1.165, 1.54) is 24.6 Å². The van der Waals surface area contributed by atoms with Crippen molar-refractivity contribution >= 4 is 27.5 Å². The summed E-state index contributed by atoms with van der Waals surface area (Å²) in [7, 11) is -1.06. The molecule has 2 aromatic rings. The van der Waals surface area contributed by atoms with E-state index in [2.05, 4.69) is 0 Å². The first kappa shape index (κ1) is 24.2. The van der Waals surface area contributed by atoms with Gasteiger partial charge in [0.1, 0.15) is 22.1 Å². The molecule has 1 fully saturated rings. The third kappa shape index (κ3) is 5.46. The number of hydrogen-bond donors (Lipinski definition) is 1. The molecule has 174 valence electrons. The van der Waals surface area contributed by atoms with Crippen molar-refractivity contribution in [2.24, 2.45) is 11.1 Å².